The predicted molar refractivity (Wildman–Crippen MR) is 59.5 cm³/mol. The summed E-state index contributed by atoms with van der Waals surface area (Å²) in [6.07, 6.45) is 3.22. The molecule has 0 bridgehead atoms. The van der Waals surface area contributed by atoms with Crippen LogP contribution in [0, 0.1) is 0 Å². The van der Waals surface area contributed by atoms with Gasteiger partial charge in [0.25, 0.3) is 0 Å². The zero-order valence-corrected chi connectivity index (χ0v) is 9.14. The Labute approximate surface area is 90.3 Å². The quantitative estimate of drug-likeness (QED) is 0.423. The minimum atomic E-state index is -0.233. The maximum Gasteiger partial charge on any atom is 0.314 e. The predicted octanol–water partition coefficient (Wildman–Crippen LogP) is 0.388. The van der Waals surface area contributed by atoms with Crippen LogP contribution in [0.2, 0.25) is 0 Å². The topological polar surface area (TPSA) is 70.2 Å². The highest BCUT2D eigenvalue weighted by molar-refractivity contribution is 5.86. The van der Waals surface area contributed by atoms with Gasteiger partial charge in [0, 0.05) is 19.6 Å². The molecule has 0 unspecified atom stereocenters. The van der Waals surface area contributed by atoms with E-state index in [-0.39, 0.29) is 11.9 Å². The van der Waals surface area contributed by atoms with E-state index in [1.165, 1.54) is 6.08 Å². The molecule has 5 nitrogen and oxygen atoms in total. The minimum Gasteiger partial charge on any atom is -0.351 e. The van der Waals surface area contributed by atoms with Crippen molar-refractivity contribution in [2.45, 2.75) is 19.8 Å². The second-order valence-electron chi connectivity index (χ2n) is 3.03. The molecule has 0 heterocycles. The third-order valence-electron chi connectivity index (χ3n) is 1.71. The highest BCUT2D eigenvalue weighted by atomic mass is 16.2. The van der Waals surface area contributed by atoms with E-state index in [0.29, 0.717) is 19.6 Å². The third-order valence-corrected chi connectivity index (χ3v) is 1.71. The Balaban J connectivity index is 3.31. The van der Waals surface area contributed by atoms with Crippen LogP contribution in [-0.4, -0.2) is 31.6 Å². The lowest BCUT2D eigenvalue weighted by molar-refractivity contribution is -0.116. The van der Waals surface area contributed by atoms with Crippen molar-refractivity contribution >= 4 is 11.9 Å². The zero-order chi connectivity index (χ0) is 11.5. The average molecular weight is 213 g/mol. The molecule has 0 atom stereocenters. The van der Waals surface area contributed by atoms with Gasteiger partial charge in [-0.3, -0.25) is 4.79 Å². The second-order valence-corrected chi connectivity index (χ2v) is 3.03. The lowest BCUT2D eigenvalue weighted by Gasteiger charge is -2.07. The highest BCUT2D eigenvalue weighted by Gasteiger charge is 1.98. The van der Waals surface area contributed by atoms with Crippen LogP contribution < -0.4 is 16.0 Å². The van der Waals surface area contributed by atoms with Crippen molar-refractivity contribution in [1.82, 2.24) is 16.0 Å². The summed E-state index contributed by atoms with van der Waals surface area (Å²) in [5.41, 5.74) is 0. The molecule has 0 saturated heterocycles. The number of hydrogen-bond acceptors (Lipinski definition) is 2. The van der Waals surface area contributed by atoms with Gasteiger partial charge in [0.15, 0.2) is 0 Å². The third kappa shape index (κ3) is 8.80. The largest absolute Gasteiger partial charge is 0.351 e. The summed E-state index contributed by atoms with van der Waals surface area (Å²) in [5.74, 6) is -0.233. The summed E-state index contributed by atoms with van der Waals surface area (Å²) in [7, 11) is 0. The zero-order valence-electron chi connectivity index (χ0n) is 9.14. The van der Waals surface area contributed by atoms with Crippen molar-refractivity contribution in [2.75, 3.05) is 19.6 Å². The molecule has 0 aliphatic carbocycles. The Morgan fingerprint density at radius 3 is 2.33 bits per heavy atom. The summed E-state index contributed by atoms with van der Waals surface area (Å²) in [6, 6.07) is -0.198. The van der Waals surface area contributed by atoms with E-state index in [4.69, 9.17) is 0 Å². The summed E-state index contributed by atoms with van der Waals surface area (Å²) in [6.45, 7) is 6.88. The van der Waals surface area contributed by atoms with Crippen LogP contribution in [0.15, 0.2) is 12.7 Å². The Kier molecular flexibility index (Phi) is 8.13. The monoisotopic (exact) mass is 213 g/mol. The van der Waals surface area contributed by atoms with E-state index < -0.39 is 0 Å². The molecule has 0 spiro atoms. The van der Waals surface area contributed by atoms with Crippen molar-refractivity contribution in [3.05, 3.63) is 12.7 Å². The molecule has 0 fully saturated rings. The smallest absolute Gasteiger partial charge is 0.314 e. The van der Waals surface area contributed by atoms with Gasteiger partial charge in [-0.2, -0.15) is 0 Å². The van der Waals surface area contributed by atoms with Gasteiger partial charge in [-0.25, -0.2) is 4.79 Å². The Morgan fingerprint density at radius 2 is 1.73 bits per heavy atom. The highest BCUT2D eigenvalue weighted by Crippen LogP contribution is 1.81. The van der Waals surface area contributed by atoms with Crippen LogP contribution in [0.1, 0.15) is 19.8 Å². The van der Waals surface area contributed by atoms with Crippen LogP contribution >= 0.6 is 0 Å². The Morgan fingerprint density at radius 1 is 1.13 bits per heavy atom. The second kappa shape index (κ2) is 9.05. The van der Waals surface area contributed by atoms with Crippen molar-refractivity contribution in [1.29, 1.82) is 0 Å². The lowest BCUT2D eigenvalue weighted by atomic mass is 10.3. The molecule has 0 aromatic carbocycles. The molecule has 0 aromatic rings. The maximum atomic E-state index is 11.1. The van der Waals surface area contributed by atoms with E-state index in [0.717, 1.165) is 12.8 Å². The first-order chi connectivity index (χ1) is 7.20. The van der Waals surface area contributed by atoms with Gasteiger partial charge in [-0.1, -0.05) is 19.9 Å². The standard InChI is InChI=1S/C10H19N3O2/c1-3-5-6-12-10(15)13-8-7-11-9(14)4-2/h4H,2-3,5-8H2,1H3,(H,11,14)(H2,12,13,15). The lowest BCUT2D eigenvalue weighted by Crippen LogP contribution is -2.40. The summed E-state index contributed by atoms with van der Waals surface area (Å²) in [4.78, 5) is 21.8. The fourth-order valence-electron chi connectivity index (χ4n) is 0.875. The van der Waals surface area contributed by atoms with Gasteiger partial charge in [-0.05, 0) is 12.5 Å². The Bertz CT molecular complexity index is 217. The summed E-state index contributed by atoms with van der Waals surface area (Å²) >= 11 is 0. The molecule has 0 aliphatic rings. The number of rotatable bonds is 7. The normalized spacial score (nSPS) is 9.13. The maximum absolute atomic E-state index is 11.1. The van der Waals surface area contributed by atoms with Crippen LogP contribution in [0.25, 0.3) is 0 Å². The SMILES string of the molecule is C=CC(=O)NCCNC(=O)NCCCC. The van der Waals surface area contributed by atoms with E-state index >= 15 is 0 Å². The number of carbonyl (C=O) groups is 2. The molecule has 0 aromatic heterocycles. The van der Waals surface area contributed by atoms with Gasteiger partial charge < -0.3 is 16.0 Å². The average Bonchev–Trinajstić information content (AvgIpc) is 2.24. The number of carbonyl (C=O) groups excluding carboxylic acids is 2. The molecule has 86 valence electrons. The van der Waals surface area contributed by atoms with Gasteiger partial charge in [0.05, 0.1) is 0 Å². The van der Waals surface area contributed by atoms with Crippen LogP contribution in [-0.2, 0) is 4.79 Å². The minimum absolute atomic E-state index is 0.198. The fraction of sp³-hybridized carbons (Fsp3) is 0.600. The number of nitrogens with one attached hydrogen (secondary N) is 3. The number of hydrogen-bond donors (Lipinski definition) is 3. The molecule has 0 rings (SSSR count). The molecule has 0 saturated carbocycles. The molecule has 3 N–H and O–H groups in total. The first kappa shape index (κ1) is 13.5. The van der Waals surface area contributed by atoms with Crippen molar-refractivity contribution in [3.63, 3.8) is 0 Å². The fourth-order valence-corrected chi connectivity index (χ4v) is 0.875. The number of amides is 3. The van der Waals surface area contributed by atoms with Crippen molar-refractivity contribution in [2.24, 2.45) is 0 Å². The van der Waals surface area contributed by atoms with Crippen LogP contribution in [0.3, 0.4) is 0 Å². The van der Waals surface area contributed by atoms with Gasteiger partial charge in [0.1, 0.15) is 0 Å². The molecule has 0 radical (unpaired) electrons. The number of unbranched alkanes of at least 4 members (excludes halogenated alkanes) is 1. The van der Waals surface area contributed by atoms with Gasteiger partial charge in [-0.15, -0.1) is 0 Å². The van der Waals surface area contributed by atoms with Crippen molar-refractivity contribution in [3.8, 4) is 0 Å². The van der Waals surface area contributed by atoms with E-state index in [9.17, 15) is 9.59 Å². The van der Waals surface area contributed by atoms with Crippen LogP contribution in [0.4, 0.5) is 4.79 Å². The van der Waals surface area contributed by atoms with E-state index in [1.54, 1.807) is 0 Å². The van der Waals surface area contributed by atoms with E-state index in [1.807, 2.05) is 0 Å². The van der Waals surface area contributed by atoms with E-state index in [2.05, 4.69) is 29.5 Å². The van der Waals surface area contributed by atoms with Gasteiger partial charge >= 0.3 is 6.03 Å². The van der Waals surface area contributed by atoms with Crippen molar-refractivity contribution < 1.29 is 9.59 Å². The Hall–Kier alpha value is -1.52. The summed E-state index contributed by atoms with van der Waals surface area (Å²) in [5, 5.41) is 7.88. The molecule has 3 amide bonds. The van der Waals surface area contributed by atoms with Crippen LogP contribution in [0.5, 0.6) is 0 Å². The molecule has 0 aliphatic heterocycles. The first-order valence-electron chi connectivity index (χ1n) is 5.12. The molecular formula is C10H19N3O2. The molecular weight excluding hydrogens is 194 g/mol. The number of urea groups is 1. The first-order valence-corrected chi connectivity index (χ1v) is 5.12. The molecule has 15 heavy (non-hydrogen) atoms. The molecule has 5 heteroatoms. The van der Waals surface area contributed by atoms with Gasteiger partial charge in [0.2, 0.25) is 5.91 Å². The summed E-state index contributed by atoms with van der Waals surface area (Å²) < 4.78 is 0.